The third-order valence-corrected chi connectivity index (χ3v) is 3.11. The van der Waals surface area contributed by atoms with E-state index in [0.717, 1.165) is 15.9 Å². The molecular formula is C11H11BrClN3. The molecule has 0 amide bonds. The Morgan fingerprint density at radius 3 is 2.94 bits per heavy atom. The van der Waals surface area contributed by atoms with Crippen molar-refractivity contribution in [2.75, 3.05) is 5.32 Å². The Kier molecular flexibility index (Phi) is 3.51. The van der Waals surface area contributed by atoms with Gasteiger partial charge in [-0.25, -0.2) is 0 Å². The van der Waals surface area contributed by atoms with Gasteiger partial charge in [0.25, 0.3) is 0 Å². The van der Waals surface area contributed by atoms with Gasteiger partial charge in [0.2, 0.25) is 0 Å². The van der Waals surface area contributed by atoms with Crippen LogP contribution in [-0.2, 0) is 0 Å². The maximum Gasteiger partial charge on any atom is 0.0651 e. The van der Waals surface area contributed by atoms with Crippen molar-refractivity contribution in [3.05, 3.63) is 45.7 Å². The second-order valence-electron chi connectivity index (χ2n) is 3.50. The summed E-state index contributed by atoms with van der Waals surface area (Å²) in [6.45, 7) is 2.05. The molecule has 2 aromatic rings. The number of aromatic nitrogens is 2. The smallest absolute Gasteiger partial charge is 0.0651 e. The van der Waals surface area contributed by atoms with Crippen molar-refractivity contribution in [3.63, 3.8) is 0 Å². The molecule has 0 bridgehead atoms. The highest BCUT2D eigenvalue weighted by Gasteiger charge is 2.08. The van der Waals surface area contributed by atoms with Crippen LogP contribution in [0.25, 0.3) is 0 Å². The summed E-state index contributed by atoms with van der Waals surface area (Å²) in [5.74, 6) is 0. The monoisotopic (exact) mass is 299 g/mol. The first kappa shape index (κ1) is 11.5. The van der Waals surface area contributed by atoms with Gasteiger partial charge < -0.3 is 5.32 Å². The zero-order chi connectivity index (χ0) is 11.5. The Hall–Kier alpha value is -1.00. The average Bonchev–Trinajstić information content (AvgIpc) is 2.76. The SMILES string of the molecule is CC(Nc1cc(Br)ccc1Cl)c1ccn[nH]1. The maximum atomic E-state index is 6.09. The summed E-state index contributed by atoms with van der Waals surface area (Å²) in [6.07, 6.45) is 1.73. The van der Waals surface area contributed by atoms with E-state index in [2.05, 4.69) is 31.4 Å². The number of H-pyrrole nitrogens is 1. The summed E-state index contributed by atoms with van der Waals surface area (Å²) in [4.78, 5) is 0. The van der Waals surface area contributed by atoms with E-state index >= 15 is 0 Å². The minimum Gasteiger partial charge on any atom is -0.376 e. The van der Waals surface area contributed by atoms with E-state index in [4.69, 9.17) is 11.6 Å². The Bertz CT molecular complexity index is 470. The lowest BCUT2D eigenvalue weighted by Gasteiger charge is -2.15. The minimum absolute atomic E-state index is 0.134. The van der Waals surface area contributed by atoms with Gasteiger partial charge >= 0.3 is 0 Å². The van der Waals surface area contributed by atoms with E-state index < -0.39 is 0 Å². The number of nitrogens with one attached hydrogen (secondary N) is 2. The van der Waals surface area contributed by atoms with Gasteiger partial charge in [-0.05, 0) is 31.2 Å². The predicted octanol–water partition coefficient (Wildman–Crippen LogP) is 4.00. The number of rotatable bonds is 3. The van der Waals surface area contributed by atoms with E-state index in [0.29, 0.717) is 5.02 Å². The van der Waals surface area contributed by atoms with Gasteiger partial charge in [-0.3, -0.25) is 5.10 Å². The molecule has 2 N–H and O–H groups in total. The summed E-state index contributed by atoms with van der Waals surface area (Å²) < 4.78 is 0.996. The maximum absolute atomic E-state index is 6.09. The predicted molar refractivity (Wildman–Crippen MR) is 69.8 cm³/mol. The van der Waals surface area contributed by atoms with Crippen LogP contribution in [0.1, 0.15) is 18.7 Å². The van der Waals surface area contributed by atoms with Crippen molar-refractivity contribution in [3.8, 4) is 0 Å². The molecule has 2 rings (SSSR count). The fourth-order valence-corrected chi connectivity index (χ4v) is 1.96. The number of hydrogen-bond donors (Lipinski definition) is 2. The summed E-state index contributed by atoms with van der Waals surface area (Å²) in [6, 6.07) is 7.79. The lowest BCUT2D eigenvalue weighted by molar-refractivity contribution is 0.825. The van der Waals surface area contributed by atoms with Gasteiger partial charge in [0.05, 0.1) is 22.4 Å². The first-order valence-electron chi connectivity index (χ1n) is 4.87. The molecule has 16 heavy (non-hydrogen) atoms. The van der Waals surface area contributed by atoms with E-state index in [1.54, 1.807) is 6.20 Å². The van der Waals surface area contributed by atoms with Crippen LogP contribution in [-0.4, -0.2) is 10.2 Å². The van der Waals surface area contributed by atoms with Crippen LogP contribution in [0.4, 0.5) is 5.69 Å². The summed E-state index contributed by atoms with van der Waals surface area (Å²) in [5, 5.41) is 10.9. The highest BCUT2D eigenvalue weighted by atomic mass is 79.9. The van der Waals surface area contributed by atoms with Crippen LogP contribution >= 0.6 is 27.5 Å². The van der Waals surface area contributed by atoms with E-state index in [1.807, 2.05) is 31.2 Å². The highest BCUT2D eigenvalue weighted by molar-refractivity contribution is 9.10. The van der Waals surface area contributed by atoms with E-state index in [9.17, 15) is 0 Å². The van der Waals surface area contributed by atoms with Crippen LogP contribution in [0.15, 0.2) is 34.9 Å². The summed E-state index contributed by atoms with van der Waals surface area (Å²) in [5.41, 5.74) is 1.93. The molecule has 1 heterocycles. The molecule has 0 saturated heterocycles. The van der Waals surface area contributed by atoms with Gasteiger partial charge in [-0.1, -0.05) is 27.5 Å². The molecule has 0 radical (unpaired) electrons. The second kappa shape index (κ2) is 4.89. The Labute approximate surface area is 107 Å². The van der Waals surface area contributed by atoms with Crippen LogP contribution in [0.5, 0.6) is 0 Å². The molecule has 1 atom stereocenters. The average molecular weight is 301 g/mol. The molecule has 1 aromatic heterocycles. The zero-order valence-corrected chi connectivity index (χ0v) is 11.0. The molecule has 1 unspecified atom stereocenters. The molecule has 84 valence electrons. The van der Waals surface area contributed by atoms with E-state index in [1.165, 1.54) is 0 Å². The highest BCUT2D eigenvalue weighted by Crippen LogP contribution is 2.28. The first-order chi connectivity index (χ1) is 7.66. The Morgan fingerprint density at radius 2 is 2.25 bits per heavy atom. The fraction of sp³-hybridized carbons (Fsp3) is 0.182. The molecule has 0 aliphatic carbocycles. The number of aromatic amines is 1. The summed E-state index contributed by atoms with van der Waals surface area (Å²) in [7, 11) is 0. The Balaban J connectivity index is 2.17. The van der Waals surface area contributed by atoms with Crippen LogP contribution in [0, 0.1) is 0 Å². The third-order valence-electron chi connectivity index (χ3n) is 2.29. The molecule has 0 aliphatic rings. The second-order valence-corrected chi connectivity index (χ2v) is 4.83. The molecule has 0 spiro atoms. The van der Waals surface area contributed by atoms with Crippen molar-refractivity contribution in [2.24, 2.45) is 0 Å². The largest absolute Gasteiger partial charge is 0.376 e. The van der Waals surface area contributed by atoms with Crippen molar-refractivity contribution < 1.29 is 0 Å². The van der Waals surface area contributed by atoms with Crippen LogP contribution < -0.4 is 5.32 Å². The van der Waals surface area contributed by atoms with Crippen LogP contribution in [0.2, 0.25) is 5.02 Å². The first-order valence-corrected chi connectivity index (χ1v) is 6.05. The molecule has 1 aromatic carbocycles. The number of nitrogens with zero attached hydrogens (tertiary/aromatic N) is 1. The minimum atomic E-state index is 0.134. The van der Waals surface area contributed by atoms with Gasteiger partial charge in [-0.2, -0.15) is 5.10 Å². The van der Waals surface area contributed by atoms with Crippen molar-refractivity contribution >= 4 is 33.2 Å². The number of benzene rings is 1. The number of anilines is 1. The number of halogens is 2. The summed E-state index contributed by atoms with van der Waals surface area (Å²) >= 11 is 9.51. The molecule has 3 nitrogen and oxygen atoms in total. The normalized spacial score (nSPS) is 12.4. The lowest BCUT2D eigenvalue weighted by Crippen LogP contribution is -2.07. The van der Waals surface area contributed by atoms with Gasteiger partial charge in [0, 0.05) is 10.7 Å². The fourth-order valence-electron chi connectivity index (χ4n) is 1.43. The van der Waals surface area contributed by atoms with Crippen molar-refractivity contribution in [1.29, 1.82) is 0 Å². The molecule has 0 saturated carbocycles. The van der Waals surface area contributed by atoms with E-state index in [-0.39, 0.29) is 6.04 Å². The van der Waals surface area contributed by atoms with Gasteiger partial charge in [0.1, 0.15) is 0 Å². The van der Waals surface area contributed by atoms with Crippen LogP contribution in [0.3, 0.4) is 0 Å². The standard InChI is InChI=1S/C11H11BrClN3/c1-7(10-4-5-14-16-10)15-11-6-8(12)2-3-9(11)13/h2-7,15H,1H3,(H,14,16). The van der Waals surface area contributed by atoms with Gasteiger partial charge in [-0.15, -0.1) is 0 Å². The Morgan fingerprint density at radius 1 is 1.44 bits per heavy atom. The number of hydrogen-bond acceptors (Lipinski definition) is 2. The molecule has 5 heteroatoms. The van der Waals surface area contributed by atoms with Crippen molar-refractivity contribution in [2.45, 2.75) is 13.0 Å². The molecule has 0 fully saturated rings. The molecule has 0 aliphatic heterocycles. The van der Waals surface area contributed by atoms with Crippen molar-refractivity contribution in [1.82, 2.24) is 10.2 Å². The van der Waals surface area contributed by atoms with Gasteiger partial charge in [0.15, 0.2) is 0 Å². The molecular weight excluding hydrogens is 289 g/mol. The lowest BCUT2D eigenvalue weighted by atomic mass is 10.2. The topological polar surface area (TPSA) is 40.7 Å². The zero-order valence-electron chi connectivity index (χ0n) is 8.67. The third kappa shape index (κ3) is 2.57. The quantitative estimate of drug-likeness (QED) is 0.899.